The first-order valence-corrected chi connectivity index (χ1v) is 8.20. The fraction of sp³-hybridized carbons (Fsp3) is 0.556. The second-order valence-electron chi connectivity index (χ2n) is 6.62. The monoisotopic (exact) mass is 268 g/mol. The first-order valence-electron chi connectivity index (χ1n) is 8.20. The minimum atomic E-state index is 0.452. The number of nitrogens with one attached hydrogen (secondary N) is 2. The molecule has 2 fully saturated rings. The predicted octanol–water partition coefficient (Wildman–Crippen LogP) is 3.80. The van der Waals surface area contributed by atoms with Crippen LogP contribution in [0.1, 0.15) is 44.1 Å². The van der Waals surface area contributed by atoms with Crippen LogP contribution in [0.2, 0.25) is 0 Å². The van der Waals surface area contributed by atoms with Crippen LogP contribution < -0.4 is 10.6 Å². The Bertz CT molecular complexity index is 508. The van der Waals surface area contributed by atoms with Gasteiger partial charge in [0.1, 0.15) is 0 Å². The predicted molar refractivity (Wildman–Crippen MR) is 84.8 cm³/mol. The maximum absolute atomic E-state index is 3.94. The van der Waals surface area contributed by atoms with Crippen molar-refractivity contribution in [2.45, 2.75) is 56.7 Å². The van der Waals surface area contributed by atoms with E-state index < -0.39 is 0 Å². The molecule has 4 unspecified atom stereocenters. The molecule has 0 bridgehead atoms. The summed E-state index contributed by atoms with van der Waals surface area (Å²) >= 11 is 0. The first-order chi connectivity index (χ1) is 9.90. The summed E-state index contributed by atoms with van der Waals surface area (Å²) in [5.74, 6) is 0.944. The molecule has 2 nitrogen and oxygen atoms in total. The number of rotatable bonds is 1. The summed E-state index contributed by atoms with van der Waals surface area (Å²) in [6.45, 7) is 0. The van der Waals surface area contributed by atoms with Gasteiger partial charge in [0.15, 0.2) is 0 Å². The van der Waals surface area contributed by atoms with E-state index in [-0.39, 0.29) is 0 Å². The summed E-state index contributed by atoms with van der Waals surface area (Å²) in [7, 11) is 0. The van der Waals surface area contributed by atoms with Crippen molar-refractivity contribution in [2.24, 2.45) is 5.92 Å². The zero-order valence-electron chi connectivity index (χ0n) is 12.0. The quantitative estimate of drug-likeness (QED) is 0.809. The summed E-state index contributed by atoms with van der Waals surface area (Å²) in [5.41, 5.74) is 2.60. The highest BCUT2D eigenvalue weighted by Gasteiger charge is 2.34. The Morgan fingerprint density at radius 1 is 0.900 bits per heavy atom. The third kappa shape index (κ3) is 2.26. The van der Waals surface area contributed by atoms with Gasteiger partial charge in [0.05, 0.1) is 6.04 Å². The van der Waals surface area contributed by atoms with Gasteiger partial charge in [-0.3, -0.25) is 0 Å². The highest BCUT2D eigenvalue weighted by molar-refractivity contribution is 5.70. The molecule has 0 spiro atoms. The summed E-state index contributed by atoms with van der Waals surface area (Å²) in [6, 6.07) is 10.4. The second kappa shape index (κ2) is 5.25. The van der Waals surface area contributed by atoms with Crippen LogP contribution in [0.5, 0.6) is 0 Å². The molecule has 0 amide bonds. The van der Waals surface area contributed by atoms with E-state index in [9.17, 15) is 0 Å². The van der Waals surface area contributed by atoms with Crippen LogP contribution in [-0.4, -0.2) is 18.1 Å². The number of hydrogen-bond donors (Lipinski definition) is 2. The van der Waals surface area contributed by atoms with E-state index in [1.807, 2.05) is 0 Å². The molecule has 3 aliphatic rings. The molecule has 1 aliphatic carbocycles. The molecule has 4 rings (SSSR count). The van der Waals surface area contributed by atoms with Crippen LogP contribution in [-0.2, 0) is 0 Å². The standard InChI is InChI=1S/C18H24N2/c1-3-7-15-13(5-1)9-11-17(19-15)18-12-10-14-6-2-4-8-16(14)20-18/h1,3,5,7,9,11,14,16-20H,2,4,6,8,10,12H2. The second-order valence-corrected chi connectivity index (χ2v) is 6.62. The van der Waals surface area contributed by atoms with Crippen LogP contribution in [0.15, 0.2) is 30.3 Å². The fourth-order valence-corrected chi connectivity index (χ4v) is 4.25. The third-order valence-electron chi connectivity index (χ3n) is 5.39. The lowest BCUT2D eigenvalue weighted by Crippen LogP contribution is -2.55. The van der Waals surface area contributed by atoms with Gasteiger partial charge in [-0.25, -0.2) is 0 Å². The average Bonchev–Trinajstić information content (AvgIpc) is 2.54. The molecular weight excluding hydrogens is 244 g/mol. The van der Waals surface area contributed by atoms with Crippen molar-refractivity contribution < 1.29 is 0 Å². The maximum Gasteiger partial charge on any atom is 0.0601 e. The van der Waals surface area contributed by atoms with Crippen LogP contribution in [0.4, 0.5) is 5.69 Å². The number of piperidine rings is 1. The Morgan fingerprint density at radius 3 is 2.80 bits per heavy atom. The molecule has 1 saturated heterocycles. The Kier molecular flexibility index (Phi) is 3.27. The zero-order valence-corrected chi connectivity index (χ0v) is 12.0. The number of fused-ring (bicyclic) bond motifs is 2. The smallest absolute Gasteiger partial charge is 0.0601 e. The summed E-state index contributed by atoms with van der Waals surface area (Å²) in [6.07, 6.45) is 13.0. The molecular formula is C18H24N2. The van der Waals surface area contributed by atoms with Crippen molar-refractivity contribution in [3.05, 3.63) is 35.9 Å². The fourth-order valence-electron chi connectivity index (χ4n) is 4.25. The lowest BCUT2D eigenvalue weighted by molar-refractivity contribution is 0.173. The third-order valence-corrected chi connectivity index (χ3v) is 5.39. The number of anilines is 1. The van der Waals surface area contributed by atoms with Crippen molar-refractivity contribution in [3.8, 4) is 0 Å². The molecule has 1 aromatic carbocycles. The Hall–Kier alpha value is -1.28. The summed E-state index contributed by atoms with van der Waals surface area (Å²) in [4.78, 5) is 0. The van der Waals surface area contributed by atoms with E-state index in [2.05, 4.69) is 47.1 Å². The molecule has 2 heterocycles. The van der Waals surface area contributed by atoms with Gasteiger partial charge in [-0.1, -0.05) is 43.2 Å². The Morgan fingerprint density at radius 2 is 1.80 bits per heavy atom. The maximum atomic E-state index is 3.94. The van der Waals surface area contributed by atoms with Crippen molar-refractivity contribution >= 4 is 11.8 Å². The molecule has 0 aromatic heterocycles. The largest absolute Gasteiger partial charge is 0.377 e. The molecule has 2 aliphatic heterocycles. The highest BCUT2D eigenvalue weighted by Crippen LogP contribution is 2.34. The van der Waals surface area contributed by atoms with Crippen LogP contribution >= 0.6 is 0 Å². The van der Waals surface area contributed by atoms with E-state index in [1.165, 1.54) is 49.8 Å². The molecule has 2 heteroatoms. The molecule has 106 valence electrons. The number of hydrogen-bond acceptors (Lipinski definition) is 2. The van der Waals surface area contributed by atoms with E-state index in [1.54, 1.807) is 0 Å². The number of benzene rings is 1. The highest BCUT2D eigenvalue weighted by atomic mass is 15.1. The normalized spacial score (nSPS) is 35.8. The number of para-hydroxylation sites is 1. The van der Waals surface area contributed by atoms with Crippen LogP contribution in [0.3, 0.4) is 0 Å². The molecule has 0 radical (unpaired) electrons. The van der Waals surface area contributed by atoms with Gasteiger partial charge in [-0.05, 0) is 43.2 Å². The van der Waals surface area contributed by atoms with Gasteiger partial charge in [-0.15, -0.1) is 0 Å². The molecule has 2 N–H and O–H groups in total. The molecule has 20 heavy (non-hydrogen) atoms. The first kappa shape index (κ1) is 12.5. The zero-order chi connectivity index (χ0) is 13.4. The average molecular weight is 268 g/mol. The molecule has 1 aromatic rings. The van der Waals surface area contributed by atoms with Gasteiger partial charge in [-0.2, -0.15) is 0 Å². The van der Waals surface area contributed by atoms with E-state index in [4.69, 9.17) is 0 Å². The summed E-state index contributed by atoms with van der Waals surface area (Å²) in [5, 5.41) is 7.66. The van der Waals surface area contributed by atoms with Gasteiger partial charge >= 0.3 is 0 Å². The van der Waals surface area contributed by atoms with Gasteiger partial charge in [0.25, 0.3) is 0 Å². The van der Waals surface area contributed by atoms with E-state index >= 15 is 0 Å². The van der Waals surface area contributed by atoms with Gasteiger partial charge in [0.2, 0.25) is 0 Å². The van der Waals surface area contributed by atoms with Crippen LogP contribution in [0.25, 0.3) is 6.08 Å². The van der Waals surface area contributed by atoms with E-state index in [0.29, 0.717) is 12.1 Å². The van der Waals surface area contributed by atoms with Gasteiger partial charge < -0.3 is 10.6 Å². The molecule has 1 saturated carbocycles. The SMILES string of the molecule is C1=CC(C2CCC3CCCCC3N2)Nc2ccccc21. The van der Waals surface area contributed by atoms with E-state index in [0.717, 1.165) is 12.0 Å². The minimum absolute atomic E-state index is 0.452. The van der Waals surface area contributed by atoms with Crippen molar-refractivity contribution in [2.75, 3.05) is 5.32 Å². The van der Waals surface area contributed by atoms with Crippen molar-refractivity contribution in [3.63, 3.8) is 0 Å². The minimum Gasteiger partial charge on any atom is -0.377 e. The van der Waals surface area contributed by atoms with Crippen LogP contribution in [0, 0.1) is 5.92 Å². The summed E-state index contributed by atoms with van der Waals surface area (Å²) < 4.78 is 0. The van der Waals surface area contributed by atoms with Crippen molar-refractivity contribution in [1.82, 2.24) is 5.32 Å². The Labute approximate surface area is 121 Å². The topological polar surface area (TPSA) is 24.1 Å². The Balaban J connectivity index is 1.47. The van der Waals surface area contributed by atoms with Gasteiger partial charge in [0, 0.05) is 17.8 Å². The lowest BCUT2D eigenvalue weighted by Gasteiger charge is -2.43. The lowest BCUT2D eigenvalue weighted by atomic mass is 9.76. The van der Waals surface area contributed by atoms with Crippen molar-refractivity contribution in [1.29, 1.82) is 0 Å². The molecule has 4 atom stereocenters.